The number of hydrogen-bond acceptors (Lipinski definition) is 4. The average Bonchev–Trinajstić information content (AvgIpc) is 2.43. The Labute approximate surface area is 124 Å². The standard InChI is InChI=1S/C14H7ClO5S/c15-11-3-1-2-9-12(11)14(17)10-6-7(21(18,19)20)4-5-8(10)13(9)16/h1-6H,(H,18,19,20). The van der Waals surface area contributed by atoms with Crippen LogP contribution < -0.4 is 0 Å². The highest BCUT2D eigenvalue weighted by Crippen LogP contribution is 2.32. The largest absolute Gasteiger partial charge is 0.294 e. The Balaban J connectivity index is 2.32. The smallest absolute Gasteiger partial charge is 0.289 e. The third kappa shape index (κ3) is 2.08. The van der Waals surface area contributed by atoms with Crippen molar-refractivity contribution in [3.8, 4) is 0 Å². The Hall–Kier alpha value is -2.02. The minimum atomic E-state index is -4.46. The van der Waals surface area contributed by atoms with Crippen LogP contribution in [0.15, 0.2) is 41.3 Å². The van der Waals surface area contributed by atoms with Gasteiger partial charge in [0, 0.05) is 16.7 Å². The fourth-order valence-corrected chi connectivity index (χ4v) is 3.06. The Morgan fingerprint density at radius 1 is 0.905 bits per heavy atom. The minimum Gasteiger partial charge on any atom is -0.289 e. The van der Waals surface area contributed by atoms with Crippen LogP contribution in [0.1, 0.15) is 31.8 Å². The van der Waals surface area contributed by atoms with Gasteiger partial charge in [-0.3, -0.25) is 14.1 Å². The van der Waals surface area contributed by atoms with E-state index in [1.54, 1.807) is 6.07 Å². The zero-order chi connectivity index (χ0) is 15.4. The van der Waals surface area contributed by atoms with E-state index in [-0.39, 0.29) is 27.3 Å². The number of rotatable bonds is 1. The number of fused-ring (bicyclic) bond motifs is 2. The molecular formula is C14H7ClO5S. The maximum atomic E-state index is 12.4. The van der Waals surface area contributed by atoms with Gasteiger partial charge in [-0.25, -0.2) is 0 Å². The van der Waals surface area contributed by atoms with Gasteiger partial charge in [0.25, 0.3) is 10.1 Å². The maximum absolute atomic E-state index is 12.4. The van der Waals surface area contributed by atoms with Crippen molar-refractivity contribution in [1.29, 1.82) is 0 Å². The van der Waals surface area contributed by atoms with E-state index in [4.69, 9.17) is 16.2 Å². The highest BCUT2D eigenvalue weighted by atomic mass is 35.5. The van der Waals surface area contributed by atoms with Crippen LogP contribution in [0.4, 0.5) is 0 Å². The predicted molar refractivity (Wildman–Crippen MR) is 74.6 cm³/mol. The molecule has 0 saturated carbocycles. The number of ketones is 2. The van der Waals surface area contributed by atoms with Crippen molar-refractivity contribution in [3.05, 3.63) is 63.7 Å². The minimum absolute atomic E-state index is 0.0455. The first-order valence-corrected chi connectivity index (χ1v) is 7.62. The van der Waals surface area contributed by atoms with Gasteiger partial charge in [0.05, 0.1) is 15.5 Å². The molecular weight excluding hydrogens is 316 g/mol. The third-order valence-corrected chi connectivity index (χ3v) is 4.43. The van der Waals surface area contributed by atoms with Crippen LogP contribution >= 0.6 is 11.6 Å². The lowest BCUT2D eigenvalue weighted by Crippen LogP contribution is -2.21. The van der Waals surface area contributed by atoms with Crippen molar-refractivity contribution >= 4 is 33.3 Å². The van der Waals surface area contributed by atoms with Crippen LogP contribution in [0.25, 0.3) is 0 Å². The summed E-state index contributed by atoms with van der Waals surface area (Å²) < 4.78 is 31.3. The summed E-state index contributed by atoms with van der Waals surface area (Å²) in [6, 6.07) is 7.79. The van der Waals surface area contributed by atoms with E-state index < -0.39 is 26.6 Å². The van der Waals surface area contributed by atoms with E-state index in [9.17, 15) is 18.0 Å². The van der Waals surface area contributed by atoms with Gasteiger partial charge in [-0.05, 0) is 24.3 Å². The van der Waals surface area contributed by atoms with Gasteiger partial charge >= 0.3 is 0 Å². The molecule has 0 aliphatic heterocycles. The Morgan fingerprint density at radius 3 is 2.29 bits per heavy atom. The molecule has 2 aromatic rings. The lowest BCUT2D eigenvalue weighted by molar-refractivity contribution is 0.0979. The zero-order valence-electron chi connectivity index (χ0n) is 10.3. The molecule has 1 aliphatic carbocycles. The number of hydrogen-bond donors (Lipinski definition) is 1. The fourth-order valence-electron chi connectivity index (χ4n) is 2.29. The molecule has 0 heterocycles. The summed E-state index contributed by atoms with van der Waals surface area (Å²) in [6.45, 7) is 0. The van der Waals surface area contributed by atoms with E-state index in [0.717, 1.165) is 12.1 Å². The van der Waals surface area contributed by atoms with Gasteiger partial charge in [-0.15, -0.1) is 0 Å². The van der Waals surface area contributed by atoms with Crippen molar-refractivity contribution < 1.29 is 22.6 Å². The fraction of sp³-hybridized carbons (Fsp3) is 0. The van der Waals surface area contributed by atoms with Gasteiger partial charge < -0.3 is 0 Å². The van der Waals surface area contributed by atoms with Crippen LogP contribution in [-0.4, -0.2) is 24.5 Å². The average molecular weight is 323 g/mol. The summed E-state index contributed by atoms with van der Waals surface area (Å²) in [6.07, 6.45) is 0. The summed E-state index contributed by atoms with van der Waals surface area (Å²) in [7, 11) is -4.46. The van der Waals surface area contributed by atoms with Gasteiger partial charge in [-0.1, -0.05) is 23.7 Å². The molecule has 0 radical (unpaired) electrons. The maximum Gasteiger partial charge on any atom is 0.294 e. The van der Waals surface area contributed by atoms with Crippen LogP contribution in [0.2, 0.25) is 5.02 Å². The molecule has 5 nitrogen and oxygen atoms in total. The first kappa shape index (κ1) is 13.9. The summed E-state index contributed by atoms with van der Waals surface area (Å²) in [5, 5.41) is 0.119. The van der Waals surface area contributed by atoms with E-state index in [0.29, 0.717) is 0 Å². The molecule has 0 fully saturated rings. The molecule has 0 saturated heterocycles. The monoisotopic (exact) mass is 322 g/mol. The van der Waals surface area contributed by atoms with Crippen LogP contribution in [-0.2, 0) is 10.1 Å². The van der Waals surface area contributed by atoms with Crippen LogP contribution in [0.5, 0.6) is 0 Å². The second-order valence-corrected chi connectivity index (χ2v) is 6.33. The van der Waals surface area contributed by atoms with E-state index in [2.05, 4.69) is 0 Å². The van der Waals surface area contributed by atoms with E-state index >= 15 is 0 Å². The number of carbonyl (C=O) groups is 2. The second-order valence-electron chi connectivity index (χ2n) is 4.50. The lowest BCUT2D eigenvalue weighted by Gasteiger charge is -2.18. The molecule has 21 heavy (non-hydrogen) atoms. The van der Waals surface area contributed by atoms with Gasteiger partial charge in [0.15, 0.2) is 11.6 Å². The first-order valence-electron chi connectivity index (χ1n) is 5.80. The second kappa shape index (κ2) is 4.49. The van der Waals surface area contributed by atoms with Crippen molar-refractivity contribution in [2.24, 2.45) is 0 Å². The molecule has 0 spiro atoms. The van der Waals surface area contributed by atoms with Crippen molar-refractivity contribution in [3.63, 3.8) is 0 Å². The molecule has 0 amide bonds. The van der Waals surface area contributed by atoms with E-state index in [1.807, 2.05) is 0 Å². The highest BCUT2D eigenvalue weighted by Gasteiger charge is 2.32. The number of halogens is 1. The summed E-state index contributed by atoms with van der Waals surface area (Å²) in [4.78, 5) is 24.3. The summed E-state index contributed by atoms with van der Waals surface area (Å²) in [5.74, 6) is -0.959. The quantitative estimate of drug-likeness (QED) is 0.695. The van der Waals surface area contributed by atoms with Gasteiger partial charge in [0.1, 0.15) is 0 Å². The molecule has 2 aromatic carbocycles. The normalized spacial score (nSPS) is 13.8. The van der Waals surface area contributed by atoms with Crippen LogP contribution in [0, 0.1) is 0 Å². The van der Waals surface area contributed by atoms with Gasteiger partial charge in [-0.2, -0.15) is 8.42 Å². The first-order chi connectivity index (χ1) is 9.80. The van der Waals surface area contributed by atoms with Crippen molar-refractivity contribution in [2.75, 3.05) is 0 Å². The number of carbonyl (C=O) groups excluding carboxylic acids is 2. The Bertz CT molecular complexity index is 915. The Kier molecular flexibility index (Phi) is 2.98. The predicted octanol–water partition coefficient (Wildman–Crippen LogP) is 2.36. The molecule has 0 unspecified atom stereocenters. The molecule has 1 N–H and O–H groups in total. The summed E-state index contributed by atoms with van der Waals surface area (Å²) >= 11 is 5.96. The summed E-state index contributed by atoms with van der Waals surface area (Å²) in [5.41, 5.74) is 0.224. The molecule has 7 heteroatoms. The Morgan fingerprint density at radius 2 is 1.62 bits per heavy atom. The van der Waals surface area contributed by atoms with Crippen molar-refractivity contribution in [1.82, 2.24) is 0 Å². The molecule has 3 rings (SSSR count). The molecule has 106 valence electrons. The van der Waals surface area contributed by atoms with Crippen molar-refractivity contribution in [2.45, 2.75) is 4.90 Å². The lowest BCUT2D eigenvalue weighted by atomic mass is 9.84. The SMILES string of the molecule is O=C1c2ccc(S(=O)(=O)O)cc2C(=O)c2c(Cl)cccc21. The number of benzene rings is 2. The highest BCUT2D eigenvalue weighted by molar-refractivity contribution is 7.85. The van der Waals surface area contributed by atoms with Gasteiger partial charge in [0.2, 0.25) is 0 Å². The third-order valence-electron chi connectivity index (χ3n) is 3.26. The molecule has 1 aliphatic rings. The molecule has 0 aromatic heterocycles. The zero-order valence-corrected chi connectivity index (χ0v) is 11.9. The topological polar surface area (TPSA) is 88.5 Å². The molecule has 0 atom stereocenters. The van der Waals surface area contributed by atoms with E-state index in [1.165, 1.54) is 18.2 Å². The van der Waals surface area contributed by atoms with Crippen LogP contribution in [0.3, 0.4) is 0 Å². The molecule has 0 bridgehead atoms.